The number of allylic oxidation sites excluding steroid dienone is 2. The minimum absolute atomic E-state index is 0.0170. The van der Waals surface area contributed by atoms with Crippen molar-refractivity contribution in [3.05, 3.63) is 11.6 Å². The second-order valence-corrected chi connectivity index (χ2v) is 5.28. The number of rotatable bonds is 8. The first kappa shape index (κ1) is 13.1. The third-order valence-electron chi connectivity index (χ3n) is 4.08. The largest absolute Gasteiger partial charge is 0.353 e. The van der Waals surface area contributed by atoms with E-state index in [1.807, 2.05) is 13.8 Å². The second kappa shape index (κ2) is 6.55. The van der Waals surface area contributed by atoms with Crippen molar-refractivity contribution in [1.29, 1.82) is 0 Å². The molecular weight excluding hydrogens is 212 g/mol. The molecule has 2 heteroatoms. The molecule has 0 amide bonds. The Hall–Kier alpha value is -0.340. The van der Waals surface area contributed by atoms with E-state index in [0.29, 0.717) is 0 Å². The predicted octanol–water partition coefficient (Wildman–Crippen LogP) is 3.91. The lowest BCUT2D eigenvalue weighted by Crippen LogP contribution is -2.29. The van der Waals surface area contributed by atoms with Crippen molar-refractivity contribution in [3.8, 4) is 0 Å². The third kappa shape index (κ3) is 3.56. The van der Waals surface area contributed by atoms with Crippen LogP contribution < -0.4 is 0 Å². The molecule has 17 heavy (non-hydrogen) atoms. The van der Waals surface area contributed by atoms with Crippen LogP contribution in [0.5, 0.6) is 0 Å². The van der Waals surface area contributed by atoms with Gasteiger partial charge >= 0.3 is 0 Å². The molecule has 1 fully saturated rings. The maximum absolute atomic E-state index is 5.57. The molecular formula is C15H26O2. The van der Waals surface area contributed by atoms with Crippen LogP contribution in [0, 0.1) is 11.8 Å². The summed E-state index contributed by atoms with van der Waals surface area (Å²) in [5, 5.41) is 0. The van der Waals surface area contributed by atoms with Gasteiger partial charge in [-0.1, -0.05) is 11.6 Å². The van der Waals surface area contributed by atoms with Crippen molar-refractivity contribution in [1.82, 2.24) is 0 Å². The van der Waals surface area contributed by atoms with Crippen LogP contribution in [0.15, 0.2) is 11.6 Å². The summed E-state index contributed by atoms with van der Waals surface area (Å²) in [6.07, 6.45) is 10.3. The topological polar surface area (TPSA) is 18.5 Å². The molecule has 0 saturated heterocycles. The Labute approximate surface area is 105 Å². The number of hydrogen-bond donors (Lipinski definition) is 0. The van der Waals surface area contributed by atoms with Crippen LogP contribution >= 0.6 is 0 Å². The van der Waals surface area contributed by atoms with E-state index in [9.17, 15) is 0 Å². The molecule has 0 radical (unpaired) electrons. The quantitative estimate of drug-likeness (QED) is 0.471. The zero-order valence-corrected chi connectivity index (χ0v) is 11.3. The molecule has 2 bridgehead atoms. The standard InChI is InChI=1S/C15H26O2/c1-3-16-15(17-4-2)7-5-6-13-9-8-12-10-14(13)11-12/h9,12,14-15H,3-8,10-11H2,1-2H3. The van der Waals surface area contributed by atoms with Gasteiger partial charge in [-0.3, -0.25) is 0 Å². The van der Waals surface area contributed by atoms with E-state index in [0.717, 1.165) is 31.5 Å². The molecule has 0 atom stereocenters. The minimum atomic E-state index is 0.0170. The van der Waals surface area contributed by atoms with Crippen LogP contribution in [-0.4, -0.2) is 19.5 Å². The van der Waals surface area contributed by atoms with Crippen LogP contribution in [0.2, 0.25) is 0 Å². The fourth-order valence-electron chi connectivity index (χ4n) is 3.08. The Morgan fingerprint density at radius 1 is 1.24 bits per heavy atom. The van der Waals surface area contributed by atoms with Gasteiger partial charge in [0.1, 0.15) is 0 Å². The van der Waals surface area contributed by atoms with Crippen molar-refractivity contribution in [2.45, 2.75) is 58.7 Å². The summed E-state index contributed by atoms with van der Waals surface area (Å²) in [6.45, 7) is 5.56. The molecule has 3 aliphatic carbocycles. The number of ether oxygens (including phenoxy) is 2. The fourth-order valence-corrected chi connectivity index (χ4v) is 3.08. The van der Waals surface area contributed by atoms with Gasteiger partial charge < -0.3 is 9.47 Å². The minimum Gasteiger partial charge on any atom is -0.353 e. The van der Waals surface area contributed by atoms with Gasteiger partial charge in [0.2, 0.25) is 0 Å². The summed E-state index contributed by atoms with van der Waals surface area (Å²) in [4.78, 5) is 0. The zero-order chi connectivity index (χ0) is 12.1. The van der Waals surface area contributed by atoms with Gasteiger partial charge in [-0.15, -0.1) is 0 Å². The van der Waals surface area contributed by atoms with E-state index in [2.05, 4.69) is 6.08 Å². The third-order valence-corrected chi connectivity index (χ3v) is 4.08. The van der Waals surface area contributed by atoms with Crippen LogP contribution in [0.3, 0.4) is 0 Å². The molecule has 0 aliphatic heterocycles. The van der Waals surface area contributed by atoms with Gasteiger partial charge in [-0.25, -0.2) is 0 Å². The van der Waals surface area contributed by atoms with Crippen LogP contribution in [0.4, 0.5) is 0 Å². The van der Waals surface area contributed by atoms with Gasteiger partial charge in [-0.2, -0.15) is 0 Å². The number of fused-ring (bicyclic) bond motifs is 1. The normalized spacial score (nSPS) is 26.9. The highest BCUT2D eigenvalue weighted by molar-refractivity contribution is 5.16. The molecule has 0 aromatic carbocycles. The first-order chi connectivity index (χ1) is 8.33. The van der Waals surface area contributed by atoms with E-state index in [1.165, 1.54) is 32.1 Å². The van der Waals surface area contributed by atoms with Gasteiger partial charge in [0.15, 0.2) is 6.29 Å². The Morgan fingerprint density at radius 3 is 2.47 bits per heavy atom. The summed E-state index contributed by atoms with van der Waals surface area (Å²) < 4.78 is 11.1. The molecule has 3 aliphatic rings. The first-order valence-electron chi connectivity index (χ1n) is 7.25. The maximum atomic E-state index is 5.57. The van der Waals surface area contributed by atoms with Gasteiger partial charge in [-0.05, 0) is 64.2 Å². The summed E-state index contributed by atoms with van der Waals surface area (Å²) >= 11 is 0. The van der Waals surface area contributed by atoms with Gasteiger partial charge in [0.25, 0.3) is 0 Å². The van der Waals surface area contributed by atoms with Crippen molar-refractivity contribution in [2.24, 2.45) is 11.8 Å². The van der Waals surface area contributed by atoms with E-state index in [1.54, 1.807) is 5.57 Å². The van der Waals surface area contributed by atoms with Crippen molar-refractivity contribution in [3.63, 3.8) is 0 Å². The molecule has 0 spiro atoms. The zero-order valence-electron chi connectivity index (χ0n) is 11.3. The molecule has 98 valence electrons. The van der Waals surface area contributed by atoms with E-state index in [-0.39, 0.29) is 6.29 Å². The summed E-state index contributed by atoms with van der Waals surface area (Å²) in [5.74, 6) is 1.97. The maximum Gasteiger partial charge on any atom is 0.157 e. The van der Waals surface area contributed by atoms with Crippen molar-refractivity contribution >= 4 is 0 Å². The molecule has 2 nitrogen and oxygen atoms in total. The summed E-state index contributed by atoms with van der Waals surface area (Å²) in [6, 6.07) is 0. The molecule has 0 aromatic heterocycles. The fraction of sp³-hybridized carbons (Fsp3) is 0.867. The summed E-state index contributed by atoms with van der Waals surface area (Å²) in [5.41, 5.74) is 1.72. The highest BCUT2D eigenvalue weighted by Gasteiger charge is 2.34. The smallest absolute Gasteiger partial charge is 0.157 e. The van der Waals surface area contributed by atoms with E-state index < -0.39 is 0 Å². The lowest BCUT2D eigenvalue weighted by molar-refractivity contribution is -0.140. The Bertz CT molecular complexity index is 248. The Kier molecular flexibility index (Phi) is 5.05. The molecule has 1 saturated carbocycles. The van der Waals surface area contributed by atoms with Crippen molar-refractivity contribution in [2.75, 3.05) is 13.2 Å². The molecule has 0 unspecified atom stereocenters. The molecule has 3 rings (SSSR count). The average molecular weight is 238 g/mol. The van der Waals surface area contributed by atoms with E-state index in [4.69, 9.17) is 9.47 Å². The van der Waals surface area contributed by atoms with E-state index >= 15 is 0 Å². The highest BCUT2D eigenvalue weighted by atomic mass is 16.7. The highest BCUT2D eigenvalue weighted by Crippen LogP contribution is 2.46. The van der Waals surface area contributed by atoms with Crippen LogP contribution in [0.25, 0.3) is 0 Å². The average Bonchev–Trinajstić information content (AvgIpc) is 2.29. The lowest BCUT2D eigenvalue weighted by Gasteiger charge is -2.41. The first-order valence-corrected chi connectivity index (χ1v) is 7.25. The number of hydrogen-bond acceptors (Lipinski definition) is 2. The Balaban J connectivity index is 1.65. The van der Waals surface area contributed by atoms with Gasteiger partial charge in [0.05, 0.1) is 0 Å². The molecule has 0 N–H and O–H groups in total. The monoisotopic (exact) mass is 238 g/mol. The molecule has 0 aromatic rings. The van der Waals surface area contributed by atoms with Crippen LogP contribution in [-0.2, 0) is 9.47 Å². The van der Waals surface area contributed by atoms with Gasteiger partial charge in [0, 0.05) is 13.2 Å². The SMILES string of the molecule is CCOC(CCCC1=CCC2CC1C2)OCC. The Morgan fingerprint density at radius 2 is 1.94 bits per heavy atom. The second-order valence-electron chi connectivity index (χ2n) is 5.28. The van der Waals surface area contributed by atoms with Crippen LogP contribution in [0.1, 0.15) is 52.4 Å². The summed E-state index contributed by atoms with van der Waals surface area (Å²) in [7, 11) is 0. The lowest BCUT2D eigenvalue weighted by atomic mass is 9.64. The van der Waals surface area contributed by atoms with Crippen molar-refractivity contribution < 1.29 is 9.47 Å². The predicted molar refractivity (Wildman–Crippen MR) is 69.8 cm³/mol. The molecule has 0 heterocycles.